The summed E-state index contributed by atoms with van der Waals surface area (Å²) in [4.78, 5) is 26.7. The number of carbonyl (C=O) groups excluding carboxylic acids is 1. The molecule has 1 amide bonds. The first-order valence-corrected chi connectivity index (χ1v) is 10.4. The number of methoxy groups -OCH3 is 1. The Labute approximate surface area is 186 Å². The molecule has 0 saturated carbocycles. The van der Waals surface area contributed by atoms with Gasteiger partial charge >= 0.3 is 5.97 Å². The van der Waals surface area contributed by atoms with Crippen LogP contribution in [0.3, 0.4) is 0 Å². The zero-order valence-electron chi connectivity index (χ0n) is 18.3. The van der Waals surface area contributed by atoms with Crippen LogP contribution in [0.15, 0.2) is 54.6 Å². The highest BCUT2D eigenvalue weighted by molar-refractivity contribution is 5.98. The number of hydrogen-bond donors (Lipinski definition) is 2. The molecule has 1 aliphatic heterocycles. The van der Waals surface area contributed by atoms with Crippen molar-refractivity contribution in [3.63, 3.8) is 0 Å². The van der Waals surface area contributed by atoms with Gasteiger partial charge in [-0.3, -0.25) is 4.79 Å². The van der Waals surface area contributed by atoms with Gasteiger partial charge in [-0.1, -0.05) is 12.1 Å². The number of carboxylic acid groups (broad SMARTS) is 1. The van der Waals surface area contributed by atoms with E-state index in [9.17, 15) is 19.8 Å². The Morgan fingerprint density at radius 1 is 1.00 bits per heavy atom. The number of aromatic nitrogens is 1. The molecule has 2 aromatic carbocycles. The number of carboxylic acids is 1. The summed E-state index contributed by atoms with van der Waals surface area (Å²) >= 11 is 0. The Balaban J connectivity index is 1.65. The minimum Gasteiger partial charge on any atom is -0.497 e. The van der Waals surface area contributed by atoms with Gasteiger partial charge in [-0.2, -0.15) is 0 Å². The molecule has 2 heterocycles. The molecule has 2 atom stereocenters. The highest BCUT2D eigenvalue weighted by Gasteiger charge is 2.35. The zero-order valence-corrected chi connectivity index (χ0v) is 18.3. The van der Waals surface area contributed by atoms with Gasteiger partial charge in [0.15, 0.2) is 0 Å². The van der Waals surface area contributed by atoms with Crippen molar-refractivity contribution in [2.45, 2.75) is 25.9 Å². The molecule has 0 spiro atoms. The van der Waals surface area contributed by atoms with Gasteiger partial charge in [0.1, 0.15) is 5.75 Å². The highest BCUT2D eigenvalue weighted by Crippen LogP contribution is 2.31. The molecule has 1 fully saturated rings. The predicted octanol–water partition coefficient (Wildman–Crippen LogP) is 3.40. The first-order chi connectivity index (χ1) is 15.3. The molecular formula is C25H26N2O5. The first kappa shape index (κ1) is 21.6. The third kappa shape index (κ3) is 3.87. The van der Waals surface area contributed by atoms with Crippen LogP contribution < -0.4 is 4.74 Å². The molecule has 1 aliphatic rings. The number of aromatic carboxylic acids is 1. The molecule has 0 aliphatic carbocycles. The molecule has 3 aromatic rings. The van der Waals surface area contributed by atoms with Crippen LogP contribution >= 0.6 is 0 Å². The van der Waals surface area contributed by atoms with Crippen molar-refractivity contribution in [2.24, 2.45) is 0 Å². The van der Waals surface area contributed by atoms with Crippen LogP contribution in [-0.4, -0.2) is 57.9 Å². The average Bonchev–Trinajstić information content (AvgIpc) is 3.34. The quantitative estimate of drug-likeness (QED) is 0.642. The lowest BCUT2D eigenvalue weighted by atomic mass is 9.96. The van der Waals surface area contributed by atoms with Crippen molar-refractivity contribution < 1.29 is 24.5 Å². The molecule has 7 nitrogen and oxygen atoms in total. The number of likely N-dealkylation sites (tertiary alicyclic amines) is 1. The van der Waals surface area contributed by atoms with E-state index < -0.39 is 12.1 Å². The summed E-state index contributed by atoms with van der Waals surface area (Å²) in [5.41, 5.74) is 3.63. The highest BCUT2D eigenvalue weighted by atomic mass is 16.5. The van der Waals surface area contributed by atoms with Crippen molar-refractivity contribution in [3.05, 3.63) is 82.7 Å². The topological polar surface area (TPSA) is 92.0 Å². The fraction of sp³-hybridized carbons (Fsp3) is 0.280. The van der Waals surface area contributed by atoms with Gasteiger partial charge in [0.2, 0.25) is 0 Å². The maximum Gasteiger partial charge on any atom is 0.337 e. The third-order valence-electron chi connectivity index (χ3n) is 6.09. The average molecular weight is 434 g/mol. The predicted molar refractivity (Wildman–Crippen MR) is 120 cm³/mol. The minimum atomic E-state index is -1.05. The number of aliphatic hydroxyl groups is 1. The molecule has 4 rings (SSSR count). The SMILES string of the molecule is COc1cccc([C@H]2CN(C(=O)c3ccc(C(=O)O)c(-n4c(C)ccc4C)c3)C[C@@H]2O)c1. The number of nitrogens with zero attached hydrogens (tertiary/aromatic N) is 2. The fourth-order valence-electron chi connectivity index (χ4n) is 4.41. The number of carbonyl (C=O) groups is 2. The van der Waals surface area contributed by atoms with Crippen molar-refractivity contribution in [2.75, 3.05) is 20.2 Å². The zero-order chi connectivity index (χ0) is 23.0. The van der Waals surface area contributed by atoms with E-state index in [2.05, 4.69) is 0 Å². The van der Waals surface area contributed by atoms with Crippen LogP contribution in [0.4, 0.5) is 0 Å². The van der Waals surface area contributed by atoms with Gasteiger partial charge in [0.25, 0.3) is 5.91 Å². The normalized spacial score (nSPS) is 18.1. The van der Waals surface area contributed by atoms with E-state index >= 15 is 0 Å². The maximum atomic E-state index is 13.3. The Morgan fingerprint density at radius 3 is 2.38 bits per heavy atom. The van der Waals surface area contributed by atoms with Gasteiger partial charge in [-0.25, -0.2) is 4.79 Å². The van der Waals surface area contributed by atoms with Crippen LogP contribution in [0.1, 0.15) is 43.6 Å². The number of aryl methyl sites for hydroxylation is 2. The number of β-amino-alcohol motifs (C(OH)–C–C–N with tert-alkyl or cyclic N) is 1. The number of rotatable bonds is 5. The number of benzene rings is 2. The standard InChI is InChI=1S/C25H26N2O5/c1-15-7-8-16(2)27(15)22-12-18(9-10-20(22)25(30)31)24(29)26-13-21(23(28)14-26)17-5-4-6-19(11-17)32-3/h4-12,21,23,28H,13-14H2,1-3H3,(H,30,31)/t21-,23+/m1/s1. The molecule has 1 saturated heterocycles. The lowest BCUT2D eigenvalue weighted by Crippen LogP contribution is -2.29. The minimum absolute atomic E-state index is 0.125. The number of ether oxygens (including phenoxy) is 1. The second-order valence-electron chi connectivity index (χ2n) is 8.15. The van der Waals surface area contributed by atoms with Gasteiger partial charge in [-0.05, 0) is 61.9 Å². The van der Waals surface area contributed by atoms with E-state index in [0.717, 1.165) is 17.0 Å². The molecule has 0 unspecified atom stereocenters. The van der Waals surface area contributed by atoms with Crippen LogP contribution in [0.2, 0.25) is 0 Å². The largest absolute Gasteiger partial charge is 0.497 e. The van der Waals surface area contributed by atoms with Crippen molar-refractivity contribution in [3.8, 4) is 11.4 Å². The molecular weight excluding hydrogens is 408 g/mol. The molecule has 2 N–H and O–H groups in total. The van der Waals surface area contributed by atoms with E-state index in [1.807, 2.05) is 54.8 Å². The molecule has 32 heavy (non-hydrogen) atoms. The molecule has 0 bridgehead atoms. The summed E-state index contributed by atoms with van der Waals surface area (Å²) in [6.07, 6.45) is -0.697. The number of aliphatic hydroxyl groups excluding tert-OH is 1. The van der Waals surface area contributed by atoms with Gasteiger partial charge in [0.05, 0.1) is 24.5 Å². The Hall–Kier alpha value is -3.58. The molecule has 0 radical (unpaired) electrons. The monoisotopic (exact) mass is 434 g/mol. The molecule has 166 valence electrons. The Kier molecular flexibility index (Phi) is 5.76. The summed E-state index contributed by atoms with van der Waals surface area (Å²) in [6, 6.07) is 15.9. The number of hydrogen-bond acceptors (Lipinski definition) is 4. The first-order valence-electron chi connectivity index (χ1n) is 10.4. The van der Waals surface area contributed by atoms with Crippen molar-refractivity contribution in [1.29, 1.82) is 0 Å². The van der Waals surface area contributed by atoms with Crippen LogP contribution in [0.5, 0.6) is 5.75 Å². The van der Waals surface area contributed by atoms with Crippen LogP contribution in [0, 0.1) is 13.8 Å². The van der Waals surface area contributed by atoms with Crippen molar-refractivity contribution in [1.82, 2.24) is 9.47 Å². The third-order valence-corrected chi connectivity index (χ3v) is 6.09. The van der Waals surface area contributed by atoms with E-state index in [-0.39, 0.29) is 23.9 Å². The summed E-state index contributed by atoms with van der Waals surface area (Å²) in [7, 11) is 1.59. The van der Waals surface area contributed by atoms with E-state index in [4.69, 9.17) is 4.74 Å². The maximum absolute atomic E-state index is 13.3. The van der Waals surface area contributed by atoms with E-state index in [1.165, 1.54) is 12.1 Å². The second kappa shape index (κ2) is 8.51. The van der Waals surface area contributed by atoms with Gasteiger partial charge < -0.3 is 24.4 Å². The fourth-order valence-corrected chi connectivity index (χ4v) is 4.41. The van der Waals surface area contributed by atoms with Crippen LogP contribution in [-0.2, 0) is 0 Å². The lowest BCUT2D eigenvalue weighted by Gasteiger charge is -2.19. The Morgan fingerprint density at radius 2 is 1.72 bits per heavy atom. The lowest BCUT2D eigenvalue weighted by molar-refractivity contribution is 0.0694. The van der Waals surface area contributed by atoms with Gasteiger partial charge in [-0.15, -0.1) is 0 Å². The summed E-state index contributed by atoms with van der Waals surface area (Å²) in [5.74, 6) is -0.817. The summed E-state index contributed by atoms with van der Waals surface area (Å²) < 4.78 is 7.11. The van der Waals surface area contributed by atoms with E-state index in [0.29, 0.717) is 23.5 Å². The summed E-state index contributed by atoms with van der Waals surface area (Å²) in [5, 5.41) is 20.3. The second-order valence-corrected chi connectivity index (χ2v) is 8.15. The van der Waals surface area contributed by atoms with Crippen LogP contribution in [0.25, 0.3) is 5.69 Å². The van der Waals surface area contributed by atoms with Crippen molar-refractivity contribution >= 4 is 11.9 Å². The smallest absolute Gasteiger partial charge is 0.337 e. The molecule has 7 heteroatoms. The summed E-state index contributed by atoms with van der Waals surface area (Å²) in [6.45, 7) is 4.36. The van der Waals surface area contributed by atoms with E-state index in [1.54, 1.807) is 18.1 Å². The number of amides is 1. The van der Waals surface area contributed by atoms with Gasteiger partial charge in [0, 0.05) is 36.0 Å². The Bertz CT molecular complexity index is 1160. The molecule has 1 aromatic heterocycles.